The molecule has 21 heavy (non-hydrogen) atoms. The van der Waals surface area contributed by atoms with Crippen molar-refractivity contribution in [2.45, 2.75) is 64.1 Å². The van der Waals surface area contributed by atoms with Crippen molar-refractivity contribution in [3.05, 3.63) is 20.8 Å². The van der Waals surface area contributed by atoms with Gasteiger partial charge in [-0.1, -0.05) is 18.5 Å². The Morgan fingerprint density at radius 1 is 1.43 bits per heavy atom. The molecule has 1 N–H and O–H groups in total. The third-order valence-electron chi connectivity index (χ3n) is 4.71. The summed E-state index contributed by atoms with van der Waals surface area (Å²) in [6, 6.07) is 1.57. The topological polar surface area (TPSA) is 32.3 Å². The second-order valence-corrected chi connectivity index (χ2v) is 7.58. The second kappa shape index (κ2) is 6.27. The van der Waals surface area contributed by atoms with E-state index < -0.39 is 0 Å². The summed E-state index contributed by atoms with van der Waals surface area (Å²) in [6.45, 7) is 4.93. The molecular formula is C16H23ClN2OS. The largest absolute Gasteiger partial charge is 0.335 e. The van der Waals surface area contributed by atoms with Gasteiger partial charge in [-0.15, -0.1) is 11.3 Å². The van der Waals surface area contributed by atoms with Gasteiger partial charge >= 0.3 is 0 Å². The summed E-state index contributed by atoms with van der Waals surface area (Å²) in [5.41, 5.74) is 1.01. The van der Waals surface area contributed by atoms with Gasteiger partial charge in [-0.25, -0.2) is 0 Å². The lowest BCUT2D eigenvalue weighted by Gasteiger charge is -2.37. The minimum Gasteiger partial charge on any atom is -0.335 e. The van der Waals surface area contributed by atoms with Gasteiger partial charge in [-0.05, 0) is 50.0 Å². The van der Waals surface area contributed by atoms with Crippen LogP contribution in [0.3, 0.4) is 0 Å². The molecule has 5 heteroatoms. The molecule has 116 valence electrons. The third-order valence-corrected chi connectivity index (χ3v) is 6.39. The van der Waals surface area contributed by atoms with Gasteiger partial charge in [-0.3, -0.25) is 4.79 Å². The number of fused-ring (bicyclic) bond motifs is 2. The van der Waals surface area contributed by atoms with E-state index in [0.29, 0.717) is 28.0 Å². The highest BCUT2D eigenvalue weighted by atomic mass is 35.5. The molecule has 0 spiro atoms. The Morgan fingerprint density at radius 3 is 2.62 bits per heavy atom. The minimum absolute atomic E-state index is 0.131. The van der Waals surface area contributed by atoms with Gasteiger partial charge in [0.25, 0.3) is 5.91 Å². The number of amides is 1. The zero-order chi connectivity index (χ0) is 15.0. The van der Waals surface area contributed by atoms with E-state index in [2.05, 4.69) is 17.1 Å². The van der Waals surface area contributed by atoms with Crippen LogP contribution in [0, 0.1) is 6.92 Å². The molecule has 2 fully saturated rings. The van der Waals surface area contributed by atoms with Crippen LogP contribution in [0.15, 0.2) is 5.38 Å². The lowest BCUT2D eigenvalue weighted by molar-refractivity contribution is 0.0622. The number of aryl methyl sites for hydroxylation is 1. The highest BCUT2D eigenvalue weighted by Gasteiger charge is 2.38. The Labute approximate surface area is 135 Å². The summed E-state index contributed by atoms with van der Waals surface area (Å²) in [4.78, 5) is 15.7. The Morgan fingerprint density at radius 2 is 2.10 bits per heavy atom. The first-order valence-corrected chi connectivity index (χ1v) is 9.16. The molecule has 2 bridgehead atoms. The Kier molecular flexibility index (Phi) is 4.57. The molecule has 2 atom stereocenters. The molecule has 2 aliphatic heterocycles. The van der Waals surface area contributed by atoms with Crippen LogP contribution in [-0.4, -0.2) is 35.5 Å². The van der Waals surface area contributed by atoms with E-state index in [1.165, 1.54) is 24.2 Å². The van der Waals surface area contributed by atoms with Crippen molar-refractivity contribution in [1.29, 1.82) is 0 Å². The number of halogens is 1. The van der Waals surface area contributed by atoms with E-state index >= 15 is 0 Å². The Bertz CT molecular complexity index is 518. The average molecular weight is 327 g/mol. The van der Waals surface area contributed by atoms with E-state index in [1.807, 2.05) is 12.3 Å². The number of hydrogen-bond donors (Lipinski definition) is 1. The molecular weight excluding hydrogens is 304 g/mol. The summed E-state index contributed by atoms with van der Waals surface area (Å²) >= 11 is 7.79. The normalized spacial score (nSPS) is 27.9. The van der Waals surface area contributed by atoms with Crippen LogP contribution in [0.4, 0.5) is 0 Å². The summed E-state index contributed by atoms with van der Waals surface area (Å²) < 4.78 is 0. The smallest absolute Gasteiger partial charge is 0.265 e. The van der Waals surface area contributed by atoms with Crippen molar-refractivity contribution in [2.24, 2.45) is 0 Å². The molecule has 2 saturated heterocycles. The fourth-order valence-corrected chi connectivity index (χ4v) is 4.91. The van der Waals surface area contributed by atoms with Crippen molar-refractivity contribution in [1.82, 2.24) is 10.2 Å². The molecule has 2 unspecified atom stereocenters. The molecule has 0 aromatic carbocycles. The maximum Gasteiger partial charge on any atom is 0.265 e. The van der Waals surface area contributed by atoms with Gasteiger partial charge in [0.2, 0.25) is 0 Å². The van der Waals surface area contributed by atoms with E-state index in [0.717, 1.165) is 31.4 Å². The molecule has 3 nitrogen and oxygen atoms in total. The minimum atomic E-state index is 0.131. The zero-order valence-electron chi connectivity index (χ0n) is 12.7. The molecule has 2 aliphatic rings. The van der Waals surface area contributed by atoms with Gasteiger partial charge < -0.3 is 10.2 Å². The molecule has 1 aromatic rings. The zero-order valence-corrected chi connectivity index (χ0v) is 14.3. The number of nitrogens with one attached hydrogen (secondary N) is 1. The number of carbonyl (C=O) groups is 1. The van der Waals surface area contributed by atoms with Crippen LogP contribution >= 0.6 is 22.9 Å². The molecule has 0 aliphatic carbocycles. The third kappa shape index (κ3) is 2.99. The summed E-state index contributed by atoms with van der Waals surface area (Å²) in [5, 5.41) is 6.27. The van der Waals surface area contributed by atoms with Gasteiger partial charge in [0.05, 0.1) is 5.02 Å². The van der Waals surface area contributed by atoms with Crippen LogP contribution in [0.1, 0.15) is 54.3 Å². The monoisotopic (exact) mass is 326 g/mol. The first-order valence-electron chi connectivity index (χ1n) is 7.90. The Balaban J connectivity index is 1.80. The average Bonchev–Trinajstić information content (AvgIpc) is 2.98. The molecule has 3 rings (SSSR count). The highest BCUT2D eigenvalue weighted by molar-refractivity contribution is 7.13. The number of carbonyl (C=O) groups excluding carboxylic acids is 1. The summed E-state index contributed by atoms with van der Waals surface area (Å²) in [7, 11) is 0. The van der Waals surface area contributed by atoms with Gasteiger partial charge in [-0.2, -0.15) is 0 Å². The number of hydrogen-bond acceptors (Lipinski definition) is 3. The van der Waals surface area contributed by atoms with Crippen molar-refractivity contribution < 1.29 is 4.79 Å². The van der Waals surface area contributed by atoms with Crippen molar-refractivity contribution in [3.63, 3.8) is 0 Å². The van der Waals surface area contributed by atoms with Gasteiger partial charge in [0.15, 0.2) is 0 Å². The molecule has 3 heterocycles. The van der Waals surface area contributed by atoms with Crippen molar-refractivity contribution in [2.75, 3.05) is 6.54 Å². The summed E-state index contributed by atoms with van der Waals surface area (Å²) in [6.07, 6.45) is 5.68. The van der Waals surface area contributed by atoms with Crippen molar-refractivity contribution in [3.8, 4) is 0 Å². The second-order valence-electron chi connectivity index (χ2n) is 6.32. The first kappa shape index (κ1) is 15.3. The fraction of sp³-hybridized carbons (Fsp3) is 0.688. The van der Waals surface area contributed by atoms with Gasteiger partial charge in [0.1, 0.15) is 4.88 Å². The van der Waals surface area contributed by atoms with Crippen LogP contribution in [0.25, 0.3) is 0 Å². The van der Waals surface area contributed by atoms with E-state index in [4.69, 9.17) is 11.6 Å². The van der Waals surface area contributed by atoms with Crippen LogP contribution in [0.2, 0.25) is 5.02 Å². The number of nitrogens with zero attached hydrogens (tertiary/aromatic N) is 1. The van der Waals surface area contributed by atoms with Crippen LogP contribution in [0.5, 0.6) is 0 Å². The van der Waals surface area contributed by atoms with Gasteiger partial charge in [0, 0.05) is 24.7 Å². The Hall–Kier alpha value is -0.580. The molecule has 1 amide bonds. The number of thiophene rings is 1. The first-order chi connectivity index (χ1) is 10.1. The standard InChI is InChI=1S/C16H23ClN2OS/c1-3-6-19(13-7-11-4-5-12(8-13)18-11)16(20)15-14(17)10(2)9-21-15/h9,11-13,18H,3-8H2,1-2H3. The molecule has 0 radical (unpaired) electrons. The number of piperidine rings is 1. The lowest BCUT2D eigenvalue weighted by Crippen LogP contribution is -2.50. The van der Waals surface area contributed by atoms with E-state index in [9.17, 15) is 4.79 Å². The van der Waals surface area contributed by atoms with Crippen LogP contribution < -0.4 is 5.32 Å². The van der Waals surface area contributed by atoms with Crippen LogP contribution in [-0.2, 0) is 0 Å². The predicted molar refractivity (Wildman–Crippen MR) is 88.4 cm³/mol. The maximum absolute atomic E-state index is 12.9. The van der Waals surface area contributed by atoms with E-state index in [-0.39, 0.29) is 5.91 Å². The van der Waals surface area contributed by atoms with Crippen molar-refractivity contribution >= 4 is 28.8 Å². The quantitative estimate of drug-likeness (QED) is 0.911. The predicted octanol–water partition coefficient (Wildman–Crippen LogP) is 3.85. The van der Waals surface area contributed by atoms with E-state index in [1.54, 1.807) is 0 Å². The maximum atomic E-state index is 12.9. The SMILES string of the molecule is CCCN(C(=O)c1scc(C)c1Cl)C1CC2CCC(C1)N2. The summed E-state index contributed by atoms with van der Waals surface area (Å²) in [5.74, 6) is 0.131. The molecule has 0 saturated carbocycles. The number of rotatable bonds is 4. The highest BCUT2D eigenvalue weighted by Crippen LogP contribution is 2.33. The fourth-order valence-electron chi connectivity index (χ4n) is 3.68. The lowest BCUT2D eigenvalue weighted by atomic mass is 9.97. The molecule has 1 aromatic heterocycles.